The van der Waals surface area contributed by atoms with Gasteiger partial charge in [0.05, 0.1) is 0 Å². The maximum atomic E-state index is 4.07. The zero-order chi connectivity index (χ0) is 14.9. The molecule has 0 spiro atoms. The summed E-state index contributed by atoms with van der Waals surface area (Å²) in [6.45, 7) is 22.7. The Labute approximate surface area is 112 Å². The van der Waals surface area contributed by atoms with Gasteiger partial charge < -0.3 is 5.32 Å². The summed E-state index contributed by atoms with van der Waals surface area (Å²) >= 11 is 0. The number of hydrogen-bond donors (Lipinski definition) is 1. The second kappa shape index (κ2) is 24.8. The average Bonchev–Trinajstić information content (AvgIpc) is 2.45. The molecule has 0 rings (SSSR count). The lowest BCUT2D eigenvalue weighted by Crippen LogP contribution is -2.30. The van der Waals surface area contributed by atoms with Gasteiger partial charge in [0.1, 0.15) is 0 Å². The first-order chi connectivity index (χ1) is 8.17. The van der Waals surface area contributed by atoms with Crippen LogP contribution in [-0.2, 0) is 0 Å². The van der Waals surface area contributed by atoms with E-state index in [-0.39, 0.29) is 0 Å². The Hall–Kier alpha value is -0.300. The second-order valence-electron chi connectivity index (χ2n) is 3.10. The van der Waals surface area contributed by atoms with Gasteiger partial charge >= 0.3 is 0 Å². The van der Waals surface area contributed by atoms with Gasteiger partial charge in [0.25, 0.3) is 0 Å². The fourth-order valence-electron chi connectivity index (χ4n) is 1.46. The van der Waals surface area contributed by atoms with E-state index in [1.807, 2.05) is 48.6 Å². The Morgan fingerprint density at radius 2 is 1.35 bits per heavy atom. The van der Waals surface area contributed by atoms with Crippen LogP contribution in [0, 0.1) is 5.92 Å². The molecule has 0 aromatic rings. The molecule has 1 heteroatoms. The molecular formula is C16H39N. The van der Waals surface area contributed by atoms with E-state index in [1.165, 1.54) is 12.0 Å². The van der Waals surface area contributed by atoms with Gasteiger partial charge in [-0.05, 0) is 32.7 Å². The largest absolute Gasteiger partial charge is 0.317 e. The summed E-state index contributed by atoms with van der Waals surface area (Å²) in [6.07, 6.45) is 2.29. The van der Waals surface area contributed by atoms with Gasteiger partial charge in [0.15, 0.2) is 0 Å². The lowest BCUT2D eigenvalue weighted by atomic mass is 9.89. The van der Waals surface area contributed by atoms with Crippen molar-refractivity contribution in [1.82, 2.24) is 5.32 Å². The maximum Gasteiger partial charge on any atom is 0.0101 e. The van der Waals surface area contributed by atoms with Crippen molar-refractivity contribution in [3.8, 4) is 0 Å². The van der Waals surface area contributed by atoms with Crippen molar-refractivity contribution in [1.29, 1.82) is 0 Å². The highest BCUT2D eigenvalue weighted by Crippen LogP contribution is 2.19. The van der Waals surface area contributed by atoms with E-state index in [9.17, 15) is 0 Å². The molecule has 1 nitrogen and oxygen atoms in total. The Morgan fingerprint density at radius 1 is 1.00 bits per heavy atom. The molecule has 2 atom stereocenters. The Morgan fingerprint density at radius 3 is 1.53 bits per heavy atom. The predicted octanol–water partition coefficient (Wildman–Crippen LogP) is 5.67. The van der Waals surface area contributed by atoms with E-state index in [4.69, 9.17) is 0 Å². The van der Waals surface area contributed by atoms with Crippen LogP contribution in [0.5, 0.6) is 0 Å². The lowest BCUT2D eigenvalue weighted by Gasteiger charge is -2.23. The molecule has 0 bridgehead atoms. The SMILES string of the molecule is C=C(CC)C(CC)C(C)NC.CC.CC.CC. The summed E-state index contributed by atoms with van der Waals surface area (Å²) < 4.78 is 0. The zero-order valence-corrected chi connectivity index (χ0v) is 14.3. The van der Waals surface area contributed by atoms with Gasteiger partial charge in [0, 0.05) is 6.04 Å². The summed E-state index contributed by atoms with van der Waals surface area (Å²) in [7, 11) is 2.01. The molecule has 17 heavy (non-hydrogen) atoms. The molecule has 0 radical (unpaired) electrons. The quantitative estimate of drug-likeness (QED) is 0.616. The molecule has 0 aliphatic carbocycles. The molecule has 0 saturated heterocycles. The van der Waals surface area contributed by atoms with Crippen molar-refractivity contribution in [2.75, 3.05) is 7.05 Å². The zero-order valence-electron chi connectivity index (χ0n) is 14.3. The molecular weight excluding hydrogens is 206 g/mol. The van der Waals surface area contributed by atoms with Crippen molar-refractivity contribution in [2.24, 2.45) is 5.92 Å². The van der Waals surface area contributed by atoms with Crippen molar-refractivity contribution < 1.29 is 0 Å². The normalized spacial score (nSPS) is 11.4. The predicted molar refractivity (Wildman–Crippen MR) is 85.8 cm³/mol. The summed E-state index contributed by atoms with van der Waals surface area (Å²) in [5.41, 5.74) is 1.37. The molecule has 0 fully saturated rings. The highest BCUT2D eigenvalue weighted by Gasteiger charge is 2.14. The first-order valence-corrected chi connectivity index (χ1v) is 7.52. The van der Waals surface area contributed by atoms with Gasteiger partial charge in [0.2, 0.25) is 0 Å². The van der Waals surface area contributed by atoms with Crippen LogP contribution in [0.3, 0.4) is 0 Å². The minimum Gasteiger partial charge on any atom is -0.317 e. The minimum atomic E-state index is 0.562. The van der Waals surface area contributed by atoms with E-state index < -0.39 is 0 Å². The highest BCUT2D eigenvalue weighted by atomic mass is 14.9. The van der Waals surface area contributed by atoms with Crippen LogP contribution in [0.1, 0.15) is 75.2 Å². The number of nitrogens with one attached hydrogen (secondary N) is 1. The molecule has 0 saturated carbocycles. The van der Waals surface area contributed by atoms with Gasteiger partial charge in [-0.15, -0.1) is 0 Å². The van der Waals surface area contributed by atoms with E-state index >= 15 is 0 Å². The third-order valence-corrected chi connectivity index (χ3v) is 2.48. The van der Waals surface area contributed by atoms with Gasteiger partial charge in [-0.1, -0.05) is 67.5 Å². The van der Waals surface area contributed by atoms with E-state index in [1.54, 1.807) is 0 Å². The molecule has 2 unspecified atom stereocenters. The third kappa shape index (κ3) is 15.7. The molecule has 0 heterocycles. The summed E-state index contributed by atoms with van der Waals surface area (Å²) in [4.78, 5) is 0. The van der Waals surface area contributed by atoms with Crippen LogP contribution in [0.25, 0.3) is 0 Å². The first kappa shape index (κ1) is 25.5. The topological polar surface area (TPSA) is 12.0 Å². The fourth-order valence-corrected chi connectivity index (χ4v) is 1.46. The van der Waals surface area contributed by atoms with Crippen LogP contribution in [0.4, 0.5) is 0 Å². The Kier molecular flexibility index (Phi) is 37.2. The number of hydrogen-bond acceptors (Lipinski definition) is 1. The Bertz CT molecular complexity index is 119. The van der Waals surface area contributed by atoms with Crippen molar-refractivity contribution in [2.45, 2.75) is 81.2 Å². The van der Waals surface area contributed by atoms with Gasteiger partial charge in [-0.25, -0.2) is 0 Å². The molecule has 0 aliphatic rings. The highest BCUT2D eigenvalue weighted by molar-refractivity contribution is 5.02. The van der Waals surface area contributed by atoms with Crippen LogP contribution >= 0.6 is 0 Å². The first-order valence-electron chi connectivity index (χ1n) is 7.52. The lowest BCUT2D eigenvalue weighted by molar-refractivity contribution is 0.429. The monoisotopic (exact) mass is 245 g/mol. The summed E-state index contributed by atoms with van der Waals surface area (Å²) in [5.74, 6) is 0.644. The smallest absolute Gasteiger partial charge is 0.0101 e. The molecule has 0 aliphatic heterocycles. The van der Waals surface area contributed by atoms with Gasteiger partial charge in [-0.2, -0.15) is 0 Å². The molecule has 0 aromatic heterocycles. The third-order valence-electron chi connectivity index (χ3n) is 2.48. The van der Waals surface area contributed by atoms with Crippen molar-refractivity contribution >= 4 is 0 Å². The molecule has 108 valence electrons. The van der Waals surface area contributed by atoms with Crippen LogP contribution in [0.2, 0.25) is 0 Å². The van der Waals surface area contributed by atoms with Crippen LogP contribution in [0.15, 0.2) is 12.2 Å². The molecule has 0 amide bonds. The standard InChI is InChI=1S/C10H21N.3C2H6/c1-6-8(3)10(7-2)9(4)11-5;3*1-2/h9-11H,3,6-7H2,1-2,4-5H3;3*1-2H3. The van der Waals surface area contributed by atoms with Crippen LogP contribution < -0.4 is 5.32 Å². The summed E-state index contributed by atoms with van der Waals surface area (Å²) in [5, 5.41) is 3.27. The van der Waals surface area contributed by atoms with Crippen molar-refractivity contribution in [3.63, 3.8) is 0 Å². The van der Waals surface area contributed by atoms with E-state index in [0.29, 0.717) is 12.0 Å². The Balaban J connectivity index is -0.000000121. The second-order valence-corrected chi connectivity index (χ2v) is 3.10. The van der Waals surface area contributed by atoms with Gasteiger partial charge in [-0.3, -0.25) is 0 Å². The molecule has 0 aromatic carbocycles. The maximum absolute atomic E-state index is 4.07. The minimum absolute atomic E-state index is 0.562. The summed E-state index contributed by atoms with van der Waals surface area (Å²) in [6, 6.07) is 0.562. The fraction of sp³-hybridized carbons (Fsp3) is 0.875. The van der Waals surface area contributed by atoms with E-state index in [0.717, 1.165) is 6.42 Å². The van der Waals surface area contributed by atoms with Crippen molar-refractivity contribution in [3.05, 3.63) is 12.2 Å². The van der Waals surface area contributed by atoms with E-state index in [2.05, 4.69) is 32.7 Å². The molecule has 1 N–H and O–H groups in total. The number of rotatable bonds is 5. The average molecular weight is 245 g/mol. The van der Waals surface area contributed by atoms with Crippen LogP contribution in [-0.4, -0.2) is 13.1 Å².